The molecule has 30 heavy (non-hydrogen) atoms. The molecule has 3 aliphatic rings. The molecule has 8 nitrogen and oxygen atoms in total. The molecule has 0 spiro atoms. The van der Waals surface area contributed by atoms with Crippen molar-refractivity contribution < 1.29 is 19.1 Å². The summed E-state index contributed by atoms with van der Waals surface area (Å²) in [4.78, 5) is 45.9. The molecule has 0 bridgehead atoms. The maximum Gasteiger partial charge on any atom is 0.250 e. The number of H-pyrrole nitrogens is 1. The maximum atomic E-state index is 13.4. The zero-order valence-corrected chi connectivity index (χ0v) is 16.0. The Bertz CT molecular complexity index is 1310. The number of benzene rings is 2. The number of fused-ring (bicyclic) bond motifs is 5. The lowest BCUT2D eigenvalue weighted by atomic mass is 9.99. The van der Waals surface area contributed by atoms with Crippen molar-refractivity contribution in [2.24, 2.45) is 0 Å². The molecule has 2 amide bonds. The number of hydrogen-bond acceptors (Lipinski definition) is 5. The molecule has 1 saturated heterocycles. The second-order valence-corrected chi connectivity index (χ2v) is 7.74. The van der Waals surface area contributed by atoms with E-state index in [2.05, 4.69) is 4.98 Å². The first-order chi connectivity index (χ1) is 14.5. The highest BCUT2D eigenvalue weighted by molar-refractivity contribution is 5.98. The Morgan fingerprint density at radius 2 is 1.80 bits per heavy atom. The lowest BCUT2D eigenvalue weighted by Crippen LogP contribution is -2.53. The van der Waals surface area contributed by atoms with E-state index in [9.17, 15) is 14.4 Å². The summed E-state index contributed by atoms with van der Waals surface area (Å²) in [6.45, 7) is 0.105. The van der Waals surface area contributed by atoms with Gasteiger partial charge in [0, 0.05) is 18.0 Å². The van der Waals surface area contributed by atoms with Crippen molar-refractivity contribution in [3.8, 4) is 11.5 Å². The van der Waals surface area contributed by atoms with Gasteiger partial charge in [-0.15, -0.1) is 0 Å². The summed E-state index contributed by atoms with van der Waals surface area (Å²) in [7, 11) is 1.58. The standard InChI is InChI=1S/C22H17N3O5/c1-24-9-16(26)25-19(11-6-7-14-15(8-11)30-10-29-14)18-17(20(25)22(24)28)21(27)12-4-2-3-5-13(12)23-18/h2-8,19-20H,9-10H2,1H3,(H,23,27)/t19-,20+/m1/s1. The van der Waals surface area contributed by atoms with Crippen molar-refractivity contribution in [1.82, 2.24) is 14.8 Å². The third-order valence-corrected chi connectivity index (χ3v) is 6.06. The number of para-hydroxylation sites is 1. The van der Waals surface area contributed by atoms with E-state index < -0.39 is 12.1 Å². The Kier molecular flexibility index (Phi) is 3.33. The molecule has 4 heterocycles. The van der Waals surface area contributed by atoms with E-state index in [1.165, 1.54) is 9.80 Å². The van der Waals surface area contributed by atoms with Crippen LogP contribution in [0.15, 0.2) is 47.3 Å². The Balaban J connectivity index is 1.65. The minimum Gasteiger partial charge on any atom is -0.454 e. The van der Waals surface area contributed by atoms with Crippen LogP contribution in [0.25, 0.3) is 10.9 Å². The number of carbonyl (C=O) groups is 2. The van der Waals surface area contributed by atoms with Crippen LogP contribution in [0.1, 0.15) is 28.9 Å². The zero-order chi connectivity index (χ0) is 20.6. The van der Waals surface area contributed by atoms with Gasteiger partial charge in [0.15, 0.2) is 16.9 Å². The van der Waals surface area contributed by atoms with Crippen molar-refractivity contribution in [1.29, 1.82) is 0 Å². The predicted molar refractivity (Wildman–Crippen MR) is 106 cm³/mol. The lowest BCUT2D eigenvalue weighted by Gasteiger charge is -2.37. The molecule has 1 aromatic heterocycles. The predicted octanol–water partition coefficient (Wildman–Crippen LogP) is 1.70. The van der Waals surface area contributed by atoms with Gasteiger partial charge in [-0.2, -0.15) is 0 Å². The number of carbonyl (C=O) groups excluding carboxylic acids is 2. The van der Waals surface area contributed by atoms with E-state index in [4.69, 9.17) is 9.47 Å². The second kappa shape index (κ2) is 5.85. The van der Waals surface area contributed by atoms with Gasteiger partial charge < -0.3 is 24.3 Å². The van der Waals surface area contributed by atoms with Gasteiger partial charge in [0.25, 0.3) is 0 Å². The molecule has 3 aromatic rings. The van der Waals surface area contributed by atoms with Crippen LogP contribution in [0.5, 0.6) is 11.5 Å². The number of ether oxygens (including phenoxy) is 2. The molecule has 150 valence electrons. The molecular formula is C22H17N3O5. The average Bonchev–Trinajstić information content (AvgIpc) is 3.34. The number of aromatic amines is 1. The smallest absolute Gasteiger partial charge is 0.250 e. The topological polar surface area (TPSA) is 91.9 Å². The molecule has 0 saturated carbocycles. The molecule has 8 heteroatoms. The lowest BCUT2D eigenvalue weighted by molar-refractivity contribution is -0.155. The minimum absolute atomic E-state index is 0.0297. The van der Waals surface area contributed by atoms with Gasteiger partial charge in [-0.25, -0.2) is 0 Å². The van der Waals surface area contributed by atoms with Crippen LogP contribution in [0, 0.1) is 0 Å². The Labute approximate surface area is 170 Å². The third-order valence-electron chi connectivity index (χ3n) is 6.06. The number of piperazine rings is 1. The fourth-order valence-electron chi connectivity index (χ4n) is 4.70. The van der Waals surface area contributed by atoms with E-state index in [1.54, 1.807) is 25.2 Å². The third kappa shape index (κ3) is 2.13. The number of nitrogens with one attached hydrogen (secondary N) is 1. The molecule has 6 rings (SSSR count). The summed E-state index contributed by atoms with van der Waals surface area (Å²) >= 11 is 0. The Morgan fingerprint density at radius 3 is 2.67 bits per heavy atom. The number of nitrogens with zero attached hydrogens (tertiary/aromatic N) is 2. The number of pyridine rings is 1. The molecule has 0 radical (unpaired) electrons. The van der Waals surface area contributed by atoms with Gasteiger partial charge in [0.05, 0.1) is 23.8 Å². The number of aromatic nitrogens is 1. The van der Waals surface area contributed by atoms with E-state index in [1.807, 2.05) is 24.3 Å². The Hall–Kier alpha value is -3.81. The van der Waals surface area contributed by atoms with Crippen molar-refractivity contribution in [3.05, 3.63) is 69.5 Å². The monoisotopic (exact) mass is 403 g/mol. The van der Waals surface area contributed by atoms with Gasteiger partial charge >= 0.3 is 0 Å². The van der Waals surface area contributed by atoms with Crippen LogP contribution < -0.4 is 14.9 Å². The summed E-state index contributed by atoms with van der Waals surface area (Å²) < 4.78 is 10.9. The van der Waals surface area contributed by atoms with Crippen molar-refractivity contribution >= 4 is 22.7 Å². The highest BCUT2D eigenvalue weighted by atomic mass is 16.7. The molecule has 1 N–H and O–H groups in total. The Morgan fingerprint density at radius 1 is 1.00 bits per heavy atom. The largest absolute Gasteiger partial charge is 0.454 e. The van der Waals surface area contributed by atoms with Crippen molar-refractivity contribution in [2.45, 2.75) is 12.1 Å². The number of amides is 2. The van der Waals surface area contributed by atoms with Crippen LogP contribution in [0.4, 0.5) is 0 Å². The number of hydrogen-bond donors (Lipinski definition) is 1. The second-order valence-electron chi connectivity index (χ2n) is 7.74. The van der Waals surface area contributed by atoms with Gasteiger partial charge in [-0.1, -0.05) is 18.2 Å². The highest BCUT2D eigenvalue weighted by Gasteiger charge is 2.52. The molecular weight excluding hydrogens is 386 g/mol. The molecule has 2 aromatic carbocycles. The summed E-state index contributed by atoms with van der Waals surface area (Å²) in [5.41, 5.74) is 2.09. The molecule has 3 aliphatic heterocycles. The van der Waals surface area contributed by atoms with Gasteiger partial charge in [-0.3, -0.25) is 14.4 Å². The average molecular weight is 403 g/mol. The van der Waals surface area contributed by atoms with Crippen LogP contribution in [0.2, 0.25) is 0 Å². The summed E-state index contributed by atoms with van der Waals surface area (Å²) in [6, 6.07) is 11.1. The first-order valence-electron chi connectivity index (χ1n) is 9.65. The summed E-state index contributed by atoms with van der Waals surface area (Å²) in [6.07, 6.45) is 0. The van der Waals surface area contributed by atoms with Gasteiger partial charge in [0.1, 0.15) is 6.04 Å². The molecule has 0 aliphatic carbocycles. The quantitative estimate of drug-likeness (QED) is 0.668. The van der Waals surface area contributed by atoms with Crippen LogP contribution in [-0.2, 0) is 9.59 Å². The van der Waals surface area contributed by atoms with E-state index in [-0.39, 0.29) is 30.6 Å². The van der Waals surface area contributed by atoms with Crippen molar-refractivity contribution in [3.63, 3.8) is 0 Å². The fraction of sp³-hybridized carbons (Fsp3) is 0.227. The zero-order valence-electron chi connectivity index (χ0n) is 16.0. The number of likely N-dealkylation sites (N-methyl/N-ethyl adjacent to an activating group) is 1. The van der Waals surface area contributed by atoms with E-state index >= 15 is 0 Å². The normalized spacial score (nSPS) is 21.9. The highest BCUT2D eigenvalue weighted by Crippen LogP contribution is 2.47. The first kappa shape index (κ1) is 17.1. The van der Waals surface area contributed by atoms with Gasteiger partial charge in [-0.05, 0) is 29.8 Å². The SMILES string of the molecule is CN1CC(=O)N2[C@H](c3ccc4c(c3)OCO4)c3[nH]c4ccccc4c(=O)c3[C@H]2C1=O. The molecule has 0 unspecified atom stereocenters. The molecule has 1 fully saturated rings. The van der Waals surface area contributed by atoms with Crippen LogP contribution >= 0.6 is 0 Å². The van der Waals surface area contributed by atoms with E-state index in [0.29, 0.717) is 33.7 Å². The summed E-state index contributed by atoms with van der Waals surface area (Å²) in [5.74, 6) is 0.729. The van der Waals surface area contributed by atoms with Crippen molar-refractivity contribution in [2.75, 3.05) is 20.4 Å². The summed E-state index contributed by atoms with van der Waals surface area (Å²) in [5, 5.41) is 0.496. The first-order valence-corrected chi connectivity index (χ1v) is 9.65. The maximum absolute atomic E-state index is 13.4. The van der Waals surface area contributed by atoms with Crippen LogP contribution in [-0.4, -0.2) is 47.0 Å². The number of rotatable bonds is 1. The fourth-order valence-corrected chi connectivity index (χ4v) is 4.70. The van der Waals surface area contributed by atoms with Gasteiger partial charge in [0.2, 0.25) is 18.6 Å². The molecule has 2 atom stereocenters. The van der Waals surface area contributed by atoms with Crippen LogP contribution in [0.3, 0.4) is 0 Å². The van der Waals surface area contributed by atoms with E-state index in [0.717, 1.165) is 5.56 Å². The minimum atomic E-state index is -0.949.